The fourth-order valence-corrected chi connectivity index (χ4v) is 7.24. The third-order valence-electron chi connectivity index (χ3n) is 10.4. The minimum absolute atomic E-state index is 0.190. The number of fused-ring (bicyclic) bond motifs is 1. The molecule has 0 nitrogen and oxygen atoms in total. The molecule has 6 aromatic rings. The molecular formula is C51H51F3. The summed E-state index contributed by atoms with van der Waals surface area (Å²) < 4.78 is 45.7. The summed E-state index contributed by atoms with van der Waals surface area (Å²) in [6, 6.07) is 34.6. The molecule has 0 aliphatic heterocycles. The Hall–Kier alpha value is -5.07. The first-order chi connectivity index (χ1) is 26.0. The van der Waals surface area contributed by atoms with E-state index in [1.54, 1.807) is 18.2 Å². The number of unbranched alkanes of at least 4 members (excludes halogenated alkanes) is 5. The smallest absolute Gasteiger partial charge is 0.139 e. The summed E-state index contributed by atoms with van der Waals surface area (Å²) in [5.41, 5.74) is 8.49. The maximum atomic E-state index is 15.5. The summed E-state index contributed by atoms with van der Waals surface area (Å²) >= 11 is 0. The van der Waals surface area contributed by atoms with Gasteiger partial charge in [-0.2, -0.15) is 0 Å². The summed E-state index contributed by atoms with van der Waals surface area (Å²) in [4.78, 5) is 0. The Bertz CT molecular complexity index is 2290. The molecule has 0 fully saturated rings. The van der Waals surface area contributed by atoms with Crippen LogP contribution in [0.15, 0.2) is 109 Å². The summed E-state index contributed by atoms with van der Waals surface area (Å²) in [6.07, 6.45) is 10.3. The Morgan fingerprint density at radius 3 is 1.81 bits per heavy atom. The van der Waals surface area contributed by atoms with Gasteiger partial charge in [0.25, 0.3) is 0 Å². The molecular weight excluding hydrogens is 670 g/mol. The highest BCUT2D eigenvalue weighted by Gasteiger charge is 2.20. The van der Waals surface area contributed by atoms with Gasteiger partial charge in [-0.25, -0.2) is 13.2 Å². The molecule has 0 unspecified atom stereocenters. The molecule has 0 aliphatic carbocycles. The Morgan fingerprint density at radius 1 is 0.500 bits per heavy atom. The van der Waals surface area contributed by atoms with Crippen molar-refractivity contribution in [3.05, 3.63) is 166 Å². The first-order valence-electron chi connectivity index (χ1n) is 19.5. The van der Waals surface area contributed by atoms with Crippen molar-refractivity contribution in [2.45, 2.75) is 97.8 Å². The molecule has 0 atom stereocenters. The van der Waals surface area contributed by atoms with Crippen LogP contribution in [-0.4, -0.2) is 0 Å². The third-order valence-corrected chi connectivity index (χ3v) is 10.4. The maximum absolute atomic E-state index is 15.5. The van der Waals surface area contributed by atoms with Crippen molar-refractivity contribution < 1.29 is 13.2 Å². The van der Waals surface area contributed by atoms with Gasteiger partial charge in [-0.05, 0) is 118 Å². The van der Waals surface area contributed by atoms with E-state index in [1.165, 1.54) is 56.2 Å². The number of hydrogen-bond donors (Lipinski definition) is 0. The molecule has 0 amide bonds. The second kappa shape index (κ2) is 17.4. The quantitative estimate of drug-likeness (QED) is 0.0872. The van der Waals surface area contributed by atoms with Crippen LogP contribution in [0.2, 0.25) is 0 Å². The standard InChI is InChI=1S/C51H51F3/c1-6-7-8-9-10-11-12-36-15-21-40(22-16-36)44-26-18-38(32-49(44)53)14-13-37-17-23-42-34-43(25-24-41(42)31-37)45-27-19-39(33-50(45)54)20-28-46-47(51(3,4)5)29-35(2)30-48(46)52/h15-19,21-27,29-34H,6-14H2,1-5H3. The Morgan fingerprint density at radius 2 is 1.09 bits per heavy atom. The van der Waals surface area contributed by atoms with Gasteiger partial charge < -0.3 is 0 Å². The Kier molecular flexibility index (Phi) is 12.4. The molecule has 54 heavy (non-hydrogen) atoms. The van der Waals surface area contributed by atoms with Crippen molar-refractivity contribution in [3.8, 4) is 34.1 Å². The topological polar surface area (TPSA) is 0 Å². The third kappa shape index (κ3) is 9.72. The van der Waals surface area contributed by atoms with Crippen molar-refractivity contribution in [1.82, 2.24) is 0 Å². The van der Waals surface area contributed by atoms with Crippen LogP contribution >= 0.6 is 0 Å². The lowest BCUT2D eigenvalue weighted by Crippen LogP contribution is -2.14. The van der Waals surface area contributed by atoms with Crippen LogP contribution in [0.25, 0.3) is 33.0 Å². The molecule has 0 aliphatic rings. The highest BCUT2D eigenvalue weighted by atomic mass is 19.1. The fourth-order valence-electron chi connectivity index (χ4n) is 7.24. The molecule has 0 bridgehead atoms. The van der Waals surface area contributed by atoms with Gasteiger partial charge in [0.2, 0.25) is 0 Å². The van der Waals surface area contributed by atoms with Crippen LogP contribution in [0.1, 0.15) is 105 Å². The van der Waals surface area contributed by atoms with Crippen LogP contribution in [-0.2, 0) is 24.7 Å². The maximum Gasteiger partial charge on any atom is 0.139 e. The normalized spacial score (nSPS) is 11.5. The molecule has 0 saturated heterocycles. The Labute approximate surface area is 320 Å². The second-order valence-corrected chi connectivity index (χ2v) is 15.8. The zero-order chi connectivity index (χ0) is 38.2. The van der Waals surface area contributed by atoms with Crippen LogP contribution < -0.4 is 0 Å². The van der Waals surface area contributed by atoms with Gasteiger partial charge in [-0.15, -0.1) is 0 Å². The summed E-state index contributed by atoms with van der Waals surface area (Å²) in [6.45, 7) is 10.2. The van der Waals surface area contributed by atoms with Gasteiger partial charge in [0.15, 0.2) is 0 Å². The van der Waals surface area contributed by atoms with E-state index in [-0.39, 0.29) is 22.9 Å². The van der Waals surface area contributed by atoms with Crippen molar-refractivity contribution >= 4 is 10.8 Å². The minimum Gasteiger partial charge on any atom is -0.206 e. The molecule has 0 spiro atoms. The first-order valence-corrected chi connectivity index (χ1v) is 19.5. The van der Waals surface area contributed by atoms with Crippen molar-refractivity contribution in [2.24, 2.45) is 0 Å². The van der Waals surface area contributed by atoms with E-state index >= 15 is 8.78 Å². The van der Waals surface area contributed by atoms with Crippen molar-refractivity contribution in [3.63, 3.8) is 0 Å². The molecule has 6 aromatic carbocycles. The molecule has 0 aromatic heterocycles. The SMILES string of the molecule is CCCCCCCCc1ccc(-c2ccc(CCc3ccc4cc(-c5ccc(C#Cc6c(F)cc(C)cc6C(C)(C)C)cc5F)ccc4c3)cc2F)cc1. The second-order valence-electron chi connectivity index (χ2n) is 15.8. The van der Waals surface area contributed by atoms with Crippen LogP contribution in [0.4, 0.5) is 13.2 Å². The van der Waals surface area contributed by atoms with Gasteiger partial charge in [-0.3, -0.25) is 0 Å². The molecule has 276 valence electrons. The number of rotatable bonds is 12. The van der Waals surface area contributed by atoms with E-state index in [9.17, 15) is 4.39 Å². The molecule has 3 heteroatoms. The summed E-state index contributed by atoms with van der Waals surface area (Å²) in [7, 11) is 0. The van der Waals surface area contributed by atoms with Crippen LogP contribution in [0, 0.1) is 36.2 Å². The average Bonchev–Trinajstić information content (AvgIpc) is 3.14. The Balaban J connectivity index is 1.08. The van der Waals surface area contributed by atoms with Crippen LogP contribution in [0.5, 0.6) is 0 Å². The highest BCUT2D eigenvalue weighted by molar-refractivity contribution is 5.88. The predicted molar refractivity (Wildman–Crippen MR) is 221 cm³/mol. The molecule has 0 heterocycles. The largest absolute Gasteiger partial charge is 0.206 e. The monoisotopic (exact) mass is 720 g/mol. The van der Waals surface area contributed by atoms with Crippen molar-refractivity contribution in [1.29, 1.82) is 0 Å². The zero-order valence-electron chi connectivity index (χ0n) is 32.4. The van der Waals surface area contributed by atoms with E-state index in [0.717, 1.165) is 63.4 Å². The summed E-state index contributed by atoms with van der Waals surface area (Å²) in [5, 5.41) is 2.08. The van der Waals surface area contributed by atoms with E-state index in [2.05, 4.69) is 49.1 Å². The van der Waals surface area contributed by atoms with Gasteiger partial charge in [0, 0.05) is 16.7 Å². The molecule has 6 rings (SSSR count). The minimum atomic E-state index is -0.378. The van der Waals surface area contributed by atoms with Gasteiger partial charge in [-0.1, -0.05) is 151 Å². The number of benzene rings is 6. The lowest BCUT2D eigenvalue weighted by molar-refractivity contribution is 0.567. The van der Waals surface area contributed by atoms with E-state index in [0.29, 0.717) is 22.3 Å². The lowest BCUT2D eigenvalue weighted by Gasteiger charge is -2.22. The van der Waals surface area contributed by atoms with E-state index < -0.39 is 0 Å². The number of hydrogen-bond acceptors (Lipinski definition) is 0. The van der Waals surface area contributed by atoms with E-state index in [1.807, 2.05) is 76.2 Å². The summed E-state index contributed by atoms with van der Waals surface area (Å²) in [5.74, 6) is 5.04. The van der Waals surface area contributed by atoms with Crippen LogP contribution in [0.3, 0.4) is 0 Å². The lowest BCUT2D eigenvalue weighted by atomic mass is 9.82. The van der Waals surface area contributed by atoms with Gasteiger partial charge in [0.1, 0.15) is 17.5 Å². The van der Waals surface area contributed by atoms with Gasteiger partial charge >= 0.3 is 0 Å². The first kappa shape index (κ1) is 38.6. The molecule has 0 N–H and O–H groups in total. The highest BCUT2D eigenvalue weighted by Crippen LogP contribution is 2.31. The number of halogens is 3. The van der Waals surface area contributed by atoms with Gasteiger partial charge in [0.05, 0.1) is 5.56 Å². The fraction of sp³-hybridized carbons (Fsp3) is 0.294. The average molecular weight is 721 g/mol. The molecule has 0 radical (unpaired) electrons. The van der Waals surface area contributed by atoms with E-state index in [4.69, 9.17) is 0 Å². The molecule has 0 saturated carbocycles. The van der Waals surface area contributed by atoms with Crippen molar-refractivity contribution in [2.75, 3.05) is 0 Å². The predicted octanol–water partition coefficient (Wildman–Crippen LogP) is 14.3. The number of aryl methyl sites for hydroxylation is 4. The zero-order valence-corrected chi connectivity index (χ0v) is 32.4.